The SMILES string of the molecule is CCCCNC(=O)Nc1cnn(C2CCNCC2)c1. The normalized spacial score (nSPS) is 16.3. The predicted molar refractivity (Wildman–Crippen MR) is 75.3 cm³/mol. The zero-order chi connectivity index (χ0) is 13.5. The molecule has 0 saturated carbocycles. The third-order valence-corrected chi connectivity index (χ3v) is 3.36. The van der Waals surface area contributed by atoms with Gasteiger partial charge in [0.1, 0.15) is 0 Å². The molecule has 0 radical (unpaired) electrons. The van der Waals surface area contributed by atoms with Crippen molar-refractivity contribution in [1.82, 2.24) is 20.4 Å². The number of anilines is 1. The van der Waals surface area contributed by atoms with E-state index in [0.29, 0.717) is 12.6 Å². The molecule has 2 heterocycles. The van der Waals surface area contributed by atoms with E-state index in [2.05, 4.69) is 28.0 Å². The van der Waals surface area contributed by atoms with Crippen molar-refractivity contribution in [2.45, 2.75) is 38.6 Å². The zero-order valence-corrected chi connectivity index (χ0v) is 11.5. The van der Waals surface area contributed by atoms with Crippen molar-refractivity contribution in [2.24, 2.45) is 0 Å². The number of nitrogens with zero attached hydrogens (tertiary/aromatic N) is 2. The van der Waals surface area contributed by atoms with Gasteiger partial charge in [0.2, 0.25) is 0 Å². The fourth-order valence-electron chi connectivity index (χ4n) is 2.23. The quantitative estimate of drug-likeness (QED) is 0.710. The molecule has 3 N–H and O–H groups in total. The van der Waals surface area contributed by atoms with Gasteiger partial charge >= 0.3 is 6.03 Å². The molecule has 1 aromatic heterocycles. The number of urea groups is 1. The highest BCUT2D eigenvalue weighted by Crippen LogP contribution is 2.19. The average molecular weight is 265 g/mol. The summed E-state index contributed by atoms with van der Waals surface area (Å²) in [6.45, 7) is 4.88. The van der Waals surface area contributed by atoms with Gasteiger partial charge in [0.05, 0.1) is 17.9 Å². The van der Waals surface area contributed by atoms with E-state index in [9.17, 15) is 4.79 Å². The monoisotopic (exact) mass is 265 g/mol. The molecule has 1 fully saturated rings. The largest absolute Gasteiger partial charge is 0.338 e. The lowest BCUT2D eigenvalue weighted by molar-refractivity contribution is 0.252. The number of amides is 2. The molecule has 0 bridgehead atoms. The molecule has 0 aromatic carbocycles. The number of hydrogen-bond acceptors (Lipinski definition) is 3. The van der Waals surface area contributed by atoms with Crippen LogP contribution in [0.25, 0.3) is 0 Å². The minimum absolute atomic E-state index is 0.154. The number of unbranched alkanes of at least 4 members (excludes halogenated alkanes) is 1. The number of hydrogen-bond donors (Lipinski definition) is 3. The van der Waals surface area contributed by atoms with E-state index in [1.165, 1.54) is 0 Å². The second kappa shape index (κ2) is 7.13. The zero-order valence-electron chi connectivity index (χ0n) is 11.5. The average Bonchev–Trinajstić information content (AvgIpc) is 2.88. The molecule has 0 unspecified atom stereocenters. The van der Waals surface area contributed by atoms with Crippen molar-refractivity contribution < 1.29 is 4.79 Å². The van der Waals surface area contributed by atoms with Crippen molar-refractivity contribution in [3.05, 3.63) is 12.4 Å². The van der Waals surface area contributed by atoms with Crippen LogP contribution in [0.1, 0.15) is 38.6 Å². The van der Waals surface area contributed by atoms with Gasteiger partial charge in [-0.05, 0) is 32.4 Å². The maximum absolute atomic E-state index is 11.6. The first-order valence-corrected chi connectivity index (χ1v) is 7.09. The summed E-state index contributed by atoms with van der Waals surface area (Å²) in [5.74, 6) is 0. The number of nitrogens with one attached hydrogen (secondary N) is 3. The fourth-order valence-corrected chi connectivity index (χ4v) is 2.23. The summed E-state index contributed by atoms with van der Waals surface area (Å²) >= 11 is 0. The van der Waals surface area contributed by atoms with Crippen molar-refractivity contribution in [2.75, 3.05) is 25.0 Å². The maximum Gasteiger partial charge on any atom is 0.319 e. The molecule has 1 saturated heterocycles. The van der Waals surface area contributed by atoms with Crippen LogP contribution < -0.4 is 16.0 Å². The molecule has 2 rings (SSSR count). The molecular formula is C13H23N5O. The molecule has 6 nitrogen and oxygen atoms in total. The summed E-state index contributed by atoms with van der Waals surface area (Å²) in [5.41, 5.74) is 0.757. The Labute approximate surface area is 113 Å². The topological polar surface area (TPSA) is 71.0 Å². The Balaban J connectivity index is 1.81. The van der Waals surface area contributed by atoms with Crippen molar-refractivity contribution in [1.29, 1.82) is 0 Å². The second-order valence-electron chi connectivity index (χ2n) is 4.92. The van der Waals surface area contributed by atoms with Gasteiger partial charge in [-0.25, -0.2) is 4.79 Å². The summed E-state index contributed by atoms with van der Waals surface area (Å²) in [6, 6.07) is 0.290. The summed E-state index contributed by atoms with van der Waals surface area (Å²) in [5, 5.41) is 13.3. The van der Waals surface area contributed by atoms with E-state index in [1.807, 2.05) is 10.9 Å². The Hall–Kier alpha value is -1.56. The summed E-state index contributed by atoms with van der Waals surface area (Å²) < 4.78 is 1.96. The first-order chi connectivity index (χ1) is 9.29. The first-order valence-electron chi connectivity index (χ1n) is 7.09. The molecule has 0 aliphatic carbocycles. The minimum Gasteiger partial charge on any atom is -0.338 e. The molecule has 106 valence electrons. The van der Waals surface area contributed by atoms with Crippen molar-refractivity contribution >= 4 is 11.7 Å². The third kappa shape index (κ3) is 4.24. The molecule has 0 atom stereocenters. The first kappa shape index (κ1) is 13.9. The highest BCUT2D eigenvalue weighted by atomic mass is 16.2. The van der Waals surface area contributed by atoms with Crippen LogP contribution in [0, 0.1) is 0 Å². The Morgan fingerprint density at radius 3 is 3.05 bits per heavy atom. The highest BCUT2D eigenvalue weighted by Gasteiger charge is 2.15. The van der Waals surface area contributed by atoms with E-state index < -0.39 is 0 Å². The van der Waals surface area contributed by atoms with Crippen LogP contribution in [0.15, 0.2) is 12.4 Å². The molecule has 2 amide bonds. The molecule has 0 spiro atoms. The molecular weight excluding hydrogens is 242 g/mol. The minimum atomic E-state index is -0.154. The van der Waals surface area contributed by atoms with E-state index in [-0.39, 0.29) is 6.03 Å². The Bertz CT molecular complexity index is 397. The van der Waals surface area contributed by atoms with E-state index >= 15 is 0 Å². The lowest BCUT2D eigenvalue weighted by Crippen LogP contribution is -2.30. The molecule has 19 heavy (non-hydrogen) atoms. The van der Waals surface area contributed by atoms with Gasteiger partial charge in [-0.1, -0.05) is 13.3 Å². The Morgan fingerprint density at radius 1 is 1.53 bits per heavy atom. The van der Waals surface area contributed by atoms with E-state index in [1.54, 1.807) is 6.20 Å². The van der Waals surface area contributed by atoms with Gasteiger partial charge in [-0.15, -0.1) is 0 Å². The summed E-state index contributed by atoms with van der Waals surface area (Å²) in [4.78, 5) is 11.6. The van der Waals surface area contributed by atoms with Gasteiger partial charge in [-0.3, -0.25) is 4.68 Å². The molecule has 1 aromatic rings. The highest BCUT2D eigenvalue weighted by molar-refractivity contribution is 5.88. The maximum atomic E-state index is 11.6. The molecule has 1 aliphatic rings. The number of carbonyl (C=O) groups excluding carboxylic acids is 1. The van der Waals surface area contributed by atoms with Crippen LogP contribution >= 0.6 is 0 Å². The predicted octanol–water partition coefficient (Wildman–Crippen LogP) is 1.73. The third-order valence-electron chi connectivity index (χ3n) is 3.36. The smallest absolute Gasteiger partial charge is 0.319 e. The van der Waals surface area contributed by atoms with Crippen LogP contribution in [-0.4, -0.2) is 35.4 Å². The number of aromatic nitrogens is 2. The van der Waals surface area contributed by atoms with Gasteiger partial charge in [-0.2, -0.15) is 5.10 Å². The molecule has 6 heteroatoms. The lowest BCUT2D eigenvalue weighted by Gasteiger charge is -2.22. The number of rotatable bonds is 5. The van der Waals surface area contributed by atoms with Gasteiger partial charge in [0, 0.05) is 12.7 Å². The summed E-state index contributed by atoms with van der Waals surface area (Å²) in [6.07, 6.45) is 7.88. The van der Waals surface area contributed by atoms with Crippen LogP contribution in [0.5, 0.6) is 0 Å². The lowest BCUT2D eigenvalue weighted by atomic mass is 10.1. The second-order valence-corrected chi connectivity index (χ2v) is 4.92. The van der Waals surface area contributed by atoms with Crippen LogP contribution in [0.3, 0.4) is 0 Å². The van der Waals surface area contributed by atoms with Gasteiger partial charge in [0.25, 0.3) is 0 Å². The van der Waals surface area contributed by atoms with E-state index in [4.69, 9.17) is 0 Å². The van der Waals surface area contributed by atoms with Gasteiger partial charge < -0.3 is 16.0 Å². The fraction of sp³-hybridized carbons (Fsp3) is 0.692. The Morgan fingerprint density at radius 2 is 2.32 bits per heavy atom. The molecule has 1 aliphatic heterocycles. The standard InChI is InChI=1S/C13H23N5O/c1-2-3-6-15-13(19)17-11-9-16-18(10-11)12-4-7-14-8-5-12/h9-10,12,14H,2-8H2,1H3,(H2,15,17,19). The van der Waals surface area contributed by atoms with Crippen LogP contribution in [0.4, 0.5) is 10.5 Å². The van der Waals surface area contributed by atoms with Crippen molar-refractivity contribution in [3.63, 3.8) is 0 Å². The summed E-state index contributed by atoms with van der Waals surface area (Å²) in [7, 11) is 0. The van der Waals surface area contributed by atoms with Crippen LogP contribution in [0.2, 0.25) is 0 Å². The van der Waals surface area contributed by atoms with Crippen molar-refractivity contribution in [3.8, 4) is 0 Å². The number of piperidine rings is 1. The number of carbonyl (C=O) groups is 1. The van der Waals surface area contributed by atoms with E-state index in [0.717, 1.165) is 44.5 Å². The van der Waals surface area contributed by atoms with Gasteiger partial charge in [0.15, 0.2) is 0 Å². The van der Waals surface area contributed by atoms with Crippen LogP contribution in [-0.2, 0) is 0 Å². The Kier molecular flexibility index (Phi) is 5.20.